The molecule has 1 heterocycles. The Hall–Kier alpha value is -2.10. The molecule has 4 heteroatoms. The number of nitrogens with zero attached hydrogens (tertiary/aromatic N) is 1. The lowest BCUT2D eigenvalue weighted by atomic mass is 10.0. The molecule has 0 aliphatic carbocycles. The Labute approximate surface area is 116 Å². The number of fused-ring (bicyclic) bond motifs is 1. The van der Waals surface area contributed by atoms with Crippen molar-refractivity contribution >= 4 is 11.4 Å². The van der Waals surface area contributed by atoms with E-state index in [1.54, 1.807) is 0 Å². The van der Waals surface area contributed by atoms with Gasteiger partial charge in [0, 0.05) is 13.1 Å². The molecule has 0 atom stereocenters. The van der Waals surface area contributed by atoms with Crippen molar-refractivity contribution in [1.82, 2.24) is 0 Å². The van der Waals surface area contributed by atoms with Crippen LogP contribution < -0.4 is 10.6 Å². The first kappa shape index (κ1) is 12.9. The van der Waals surface area contributed by atoms with E-state index in [1.807, 2.05) is 17.0 Å². The van der Waals surface area contributed by atoms with E-state index in [9.17, 15) is 8.78 Å². The number of benzene rings is 2. The number of halogens is 2. The maximum absolute atomic E-state index is 14.0. The van der Waals surface area contributed by atoms with Gasteiger partial charge in [-0.3, -0.25) is 0 Å². The van der Waals surface area contributed by atoms with Gasteiger partial charge in [0.05, 0.1) is 11.4 Å². The molecule has 2 aromatic rings. The van der Waals surface area contributed by atoms with Crippen LogP contribution >= 0.6 is 0 Å². The van der Waals surface area contributed by atoms with Crippen molar-refractivity contribution < 1.29 is 8.78 Å². The molecule has 0 radical (unpaired) electrons. The molecule has 0 fully saturated rings. The second-order valence-corrected chi connectivity index (χ2v) is 5.05. The van der Waals surface area contributed by atoms with Gasteiger partial charge in [0.1, 0.15) is 0 Å². The molecule has 0 aromatic heterocycles. The van der Waals surface area contributed by atoms with Crippen molar-refractivity contribution in [2.24, 2.45) is 0 Å². The molecule has 0 saturated heterocycles. The van der Waals surface area contributed by atoms with Crippen LogP contribution in [0, 0.1) is 11.6 Å². The minimum Gasteiger partial charge on any atom is -0.397 e. The van der Waals surface area contributed by atoms with Crippen molar-refractivity contribution in [3.05, 3.63) is 59.2 Å². The zero-order valence-electron chi connectivity index (χ0n) is 11.1. The fourth-order valence-electron chi connectivity index (χ4n) is 2.77. The van der Waals surface area contributed by atoms with Crippen LogP contribution in [0.5, 0.6) is 0 Å². The lowest BCUT2D eigenvalue weighted by molar-refractivity contribution is 0.506. The Bertz CT molecular complexity index is 613. The lowest BCUT2D eigenvalue weighted by Gasteiger charge is -2.24. The van der Waals surface area contributed by atoms with Crippen molar-refractivity contribution in [3.8, 4) is 0 Å². The minimum absolute atomic E-state index is 0.192. The first-order valence-corrected chi connectivity index (χ1v) is 6.72. The van der Waals surface area contributed by atoms with Crippen molar-refractivity contribution in [2.45, 2.75) is 12.8 Å². The second-order valence-electron chi connectivity index (χ2n) is 5.05. The van der Waals surface area contributed by atoms with Crippen LogP contribution in [-0.2, 0) is 12.8 Å². The number of hydrogen-bond acceptors (Lipinski definition) is 2. The Kier molecular flexibility index (Phi) is 3.30. The van der Waals surface area contributed by atoms with Gasteiger partial charge in [0.15, 0.2) is 11.6 Å². The van der Waals surface area contributed by atoms with E-state index in [-0.39, 0.29) is 11.4 Å². The summed E-state index contributed by atoms with van der Waals surface area (Å²) < 4.78 is 27.4. The van der Waals surface area contributed by atoms with E-state index in [4.69, 9.17) is 5.73 Å². The smallest absolute Gasteiger partial charge is 0.184 e. The summed E-state index contributed by atoms with van der Waals surface area (Å²) in [5, 5.41) is 0. The van der Waals surface area contributed by atoms with Gasteiger partial charge in [-0.25, -0.2) is 8.78 Å². The molecular weight excluding hydrogens is 258 g/mol. The number of anilines is 2. The number of nitrogen functional groups attached to an aromatic ring is 1. The van der Waals surface area contributed by atoms with Crippen molar-refractivity contribution in [2.75, 3.05) is 23.7 Å². The van der Waals surface area contributed by atoms with Gasteiger partial charge in [-0.05, 0) is 36.1 Å². The first-order chi connectivity index (χ1) is 9.66. The quantitative estimate of drug-likeness (QED) is 0.809. The van der Waals surface area contributed by atoms with E-state index in [2.05, 4.69) is 12.1 Å². The molecule has 2 N–H and O–H groups in total. The molecule has 2 aromatic carbocycles. The fraction of sp³-hybridized carbons (Fsp3) is 0.250. The lowest BCUT2D eigenvalue weighted by Crippen LogP contribution is -2.28. The van der Waals surface area contributed by atoms with Gasteiger partial charge in [-0.15, -0.1) is 0 Å². The SMILES string of the molecule is Nc1ccc(F)c(F)c1N1CCc2ccccc2CC1. The Balaban J connectivity index is 1.93. The molecule has 3 rings (SSSR count). The Morgan fingerprint density at radius 1 is 0.900 bits per heavy atom. The summed E-state index contributed by atoms with van der Waals surface area (Å²) in [6.07, 6.45) is 1.62. The molecular formula is C16H16F2N2. The molecule has 104 valence electrons. The van der Waals surface area contributed by atoms with Gasteiger partial charge < -0.3 is 10.6 Å². The highest BCUT2D eigenvalue weighted by atomic mass is 19.2. The van der Waals surface area contributed by atoms with Crippen LogP contribution in [0.4, 0.5) is 20.2 Å². The van der Waals surface area contributed by atoms with Gasteiger partial charge in [-0.1, -0.05) is 24.3 Å². The van der Waals surface area contributed by atoms with Gasteiger partial charge >= 0.3 is 0 Å². The largest absolute Gasteiger partial charge is 0.397 e. The average Bonchev–Trinajstić information content (AvgIpc) is 2.67. The highest BCUT2D eigenvalue weighted by Gasteiger charge is 2.21. The molecule has 0 amide bonds. The predicted octanol–water partition coefficient (Wildman–Crippen LogP) is 3.15. The third kappa shape index (κ3) is 2.22. The average molecular weight is 274 g/mol. The monoisotopic (exact) mass is 274 g/mol. The maximum Gasteiger partial charge on any atom is 0.184 e. The molecule has 1 aliphatic heterocycles. The molecule has 2 nitrogen and oxygen atoms in total. The van der Waals surface area contributed by atoms with E-state index in [0.717, 1.165) is 18.9 Å². The fourth-order valence-corrected chi connectivity index (χ4v) is 2.77. The first-order valence-electron chi connectivity index (χ1n) is 6.72. The van der Waals surface area contributed by atoms with Crippen LogP contribution in [0.25, 0.3) is 0 Å². The van der Waals surface area contributed by atoms with E-state index >= 15 is 0 Å². The highest BCUT2D eigenvalue weighted by Crippen LogP contribution is 2.30. The molecule has 0 saturated carbocycles. The summed E-state index contributed by atoms with van der Waals surface area (Å²) in [5.74, 6) is -1.70. The van der Waals surface area contributed by atoms with Crippen LogP contribution in [0.3, 0.4) is 0 Å². The zero-order valence-corrected chi connectivity index (χ0v) is 11.1. The molecule has 0 spiro atoms. The number of rotatable bonds is 1. The van der Waals surface area contributed by atoms with Crippen LogP contribution in [0.1, 0.15) is 11.1 Å². The number of hydrogen-bond donors (Lipinski definition) is 1. The summed E-state index contributed by atoms with van der Waals surface area (Å²) in [4.78, 5) is 1.84. The number of nitrogens with two attached hydrogens (primary N) is 1. The van der Waals surface area contributed by atoms with Gasteiger partial charge in [-0.2, -0.15) is 0 Å². The second kappa shape index (κ2) is 5.12. The highest BCUT2D eigenvalue weighted by molar-refractivity contribution is 5.68. The molecule has 1 aliphatic rings. The van der Waals surface area contributed by atoms with Crippen LogP contribution in [0.2, 0.25) is 0 Å². The Morgan fingerprint density at radius 3 is 2.10 bits per heavy atom. The minimum atomic E-state index is -0.851. The summed E-state index contributed by atoms with van der Waals surface area (Å²) in [6.45, 7) is 1.28. The van der Waals surface area contributed by atoms with E-state index < -0.39 is 11.6 Å². The standard InChI is InChI=1S/C16H16F2N2/c17-13-5-6-14(19)16(15(13)18)20-9-7-11-3-1-2-4-12(11)8-10-20/h1-6H,7-10,19H2. The van der Waals surface area contributed by atoms with Crippen LogP contribution in [0.15, 0.2) is 36.4 Å². The third-order valence-electron chi connectivity index (χ3n) is 3.84. The zero-order chi connectivity index (χ0) is 14.1. The normalized spacial score (nSPS) is 14.8. The van der Waals surface area contributed by atoms with Gasteiger partial charge in [0.25, 0.3) is 0 Å². The topological polar surface area (TPSA) is 29.3 Å². The molecule has 0 bridgehead atoms. The van der Waals surface area contributed by atoms with Gasteiger partial charge in [0.2, 0.25) is 0 Å². The molecule has 20 heavy (non-hydrogen) atoms. The Morgan fingerprint density at radius 2 is 1.50 bits per heavy atom. The summed E-state index contributed by atoms with van der Waals surface area (Å²) in [7, 11) is 0. The van der Waals surface area contributed by atoms with Crippen molar-refractivity contribution in [1.29, 1.82) is 0 Å². The summed E-state index contributed by atoms with van der Waals surface area (Å²) in [6, 6.07) is 10.7. The predicted molar refractivity (Wildman–Crippen MR) is 76.8 cm³/mol. The van der Waals surface area contributed by atoms with E-state index in [0.29, 0.717) is 13.1 Å². The molecule has 0 unspecified atom stereocenters. The van der Waals surface area contributed by atoms with Crippen molar-refractivity contribution in [3.63, 3.8) is 0 Å². The third-order valence-corrected chi connectivity index (χ3v) is 3.84. The summed E-state index contributed by atoms with van der Waals surface area (Å²) in [5.41, 5.74) is 8.85. The maximum atomic E-state index is 14.0. The summed E-state index contributed by atoms with van der Waals surface area (Å²) >= 11 is 0. The van der Waals surface area contributed by atoms with E-state index in [1.165, 1.54) is 17.2 Å². The van der Waals surface area contributed by atoms with Crippen LogP contribution in [-0.4, -0.2) is 13.1 Å².